The Morgan fingerprint density at radius 2 is 2.44 bits per heavy atom. The minimum absolute atomic E-state index is 0.0176. The van der Waals surface area contributed by atoms with Gasteiger partial charge in [-0.25, -0.2) is 0 Å². The van der Waals surface area contributed by atoms with Crippen molar-refractivity contribution in [2.75, 3.05) is 19.6 Å². The minimum Gasteiger partial charge on any atom is -0.352 e. The fourth-order valence-corrected chi connectivity index (χ4v) is 1.40. The fourth-order valence-electron chi connectivity index (χ4n) is 1.40. The molecule has 0 aliphatic carbocycles. The lowest BCUT2D eigenvalue weighted by molar-refractivity contribution is -0.117. The Kier molecular flexibility index (Phi) is 3.31. The van der Waals surface area contributed by atoms with E-state index in [4.69, 9.17) is 4.52 Å². The summed E-state index contributed by atoms with van der Waals surface area (Å²) in [6.07, 6.45) is 1.91. The van der Waals surface area contributed by atoms with Gasteiger partial charge in [-0.15, -0.1) is 0 Å². The number of rotatable bonds is 4. The predicted octanol–water partition coefficient (Wildman–Crippen LogP) is -0.352. The Balaban J connectivity index is 1.76. The van der Waals surface area contributed by atoms with Crippen LogP contribution in [0.25, 0.3) is 0 Å². The van der Waals surface area contributed by atoms with Gasteiger partial charge in [-0.05, 0) is 12.5 Å². The molecular formula is C10H14N4O2. The minimum atomic E-state index is -0.0176. The molecule has 86 valence electrons. The molecule has 2 rings (SSSR count). The van der Waals surface area contributed by atoms with Crippen LogP contribution in [0.1, 0.15) is 12.8 Å². The zero-order valence-electron chi connectivity index (χ0n) is 9.12. The van der Waals surface area contributed by atoms with E-state index in [9.17, 15) is 4.79 Å². The summed E-state index contributed by atoms with van der Waals surface area (Å²) in [5.74, 6) is 0.520. The molecular weight excluding hydrogens is 208 g/mol. The van der Waals surface area contributed by atoms with Crippen LogP contribution >= 0.6 is 0 Å². The zero-order valence-corrected chi connectivity index (χ0v) is 9.12. The molecule has 1 saturated heterocycles. The van der Waals surface area contributed by atoms with Crippen LogP contribution in [0.3, 0.4) is 0 Å². The van der Waals surface area contributed by atoms with Crippen LogP contribution in [0.2, 0.25) is 0 Å². The lowest BCUT2D eigenvalue weighted by Crippen LogP contribution is -2.38. The molecule has 1 amide bonds. The normalized spacial score (nSPS) is 14.4. The number of amides is 1. The van der Waals surface area contributed by atoms with Crippen LogP contribution in [0.5, 0.6) is 0 Å². The Morgan fingerprint density at radius 3 is 3.00 bits per heavy atom. The van der Waals surface area contributed by atoms with Gasteiger partial charge >= 0.3 is 0 Å². The first-order chi connectivity index (χ1) is 7.77. The van der Waals surface area contributed by atoms with E-state index in [1.807, 2.05) is 6.92 Å². The van der Waals surface area contributed by atoms with E-state index in [2.05, 4.69) is 20.8 Å². The fraction of sp³-hybridized carbons (Fsp3) is 0.500. The second kappa shape index (κ2) is 4.89. The maximum Gasteiger partial charge on any atom is 0.246 e. The smallest absolute Gasteiger partial charge is 0.246 e. The SMILES string of the molecule is CC(C(=O)NCCc1ncno1)=C1CNC1. The number of aromatic nitrogens is 2. The van der Waals surface area contributed by atoms with Crippen molar-refractivity contribution in [1.29, 1.82) is 0 Å². The number of hydrogen-bond donors (Lipinski definition) is 2. The largest absolute Gasteiger partial charge is 0.352 e. The van der Waals surface area contributed by atoms with E-state index in [-0.39, 0.29) is 5.91 Å². The van der Waals surface area contributed by atoms with Crippen LogP contribution in [-0.4, -0.2) is 35.7 Å². The third-order valence-corrected chi connectivity index (χ3v) is 2.58. The summed E-state index contributed by atoms with van der Waals surface area (Å²) >= 11 is 0. The molecule has 1 aromatic rings. The Morgan fingerprint density at radius 1 is 1.62 bits per heavy atom. The van der Waals surface area contributed by atoms with Gasteiger partial charge in [0.25, 0.3) is 0 Å². The highest BCUT2D eigenvalue weighted by Gasteiger charge is 2.15. The molecule has 0 unspecified atom stereocenters. The van der Waals surface area contributed by atoms with Crippen LogP contribution in [-0.2, 0) is 11.2 Å². The molecule has 1 aliphatic rings. The molecule has 6 nitrogen and oxygen atoms in total. The molecule has 0 saturated carbocycles. The highest BCUT2D eigenvalue weighted by atomic mass is 16.5. The average Bonchev–Trinajstić information content (AvgIpc) is 2.67. The molecule has 2 heterocycles. The predicted molar refractivity (Wildman–Crippen MR) is 56.6 cm³/mol. The van der Waals surface area contributed by atoms with Crippen molar-refractivity contribution >= 4 is 5.91 Å². The van der Waals surface area contributed by atoms with Crippen molar-refractivity contribution < 1.29 is 9.32 Å². The quantitative estimate of drug-likeness (QED) is 0.680. The van der Waals surface area contributed by atoms with Crippen LogP contribution in [0.15, 0.2) is 22.0 Å². The summed E-state index contributed by atoms with van der Waals surface area (Å²) in [4.78, 5) is 15.5. The Bertz CT molecular complexity index is 391. The monoisotopic (exact) mass is 222 g/mol. The molecule has 0 atom stereocenters. The molecule has 2 N–H and O–H groups in total. The number of carbonyl (C=O) groups excluding carboxylic acids is 1. The highest BCUT2D eigenvalue weighted by Crippen LogP contribution is 2.08. The zero-order chi connectivity index (χ0) is 11.4. The maximum atomic E-state index is 11.6. The lowest BCUT2D eigenvalue weighted by atomic mass is 10.0. The summed E-state index contributed by atoms with van der Waals surface area (Å²) in [7, 11) is 0. The number of nitrogens with zero attached hydrogens (tertiary/aromatic N) is 2. The summed E-state index contributed by atoms with van der Waals surface area (Å²) in [6.45, 7) is 4.00. The second-order valence-corrected chi connectivity index (χ2v) is 3.67. The average molecular weight is 222 g/mol. The van der Waals surface area contributed by atoms with Gasteiger partial charge in [-0.3, -0.25) is 4.79 Å². The molecule has 0 spiro atoms. The van der Waals surface area contributed by atoms with Gasteiger partial charge in [0.2, 0.25) is 11.8 Å². The van der Waals surface area contributed by atoms with Gasteiger partial charge in [-0.2, -0.15) is 4.98 Å². The van der Waals surface area contributed by atoms with Crippen LogP contribution < -0.4 is 10.6 Å². The highest BCUT2D eigenvalue weighted by molar-refractivity contribution is 5.93. The molecule has 0 bridgehead atoms. The first-order valence-corrected chi connectivity index (χ1v) is 5.20. The first-order valence-electron chi connectivity index (χ1n) is 5.20. The van der Waals surface area contributed by atoms with Gasteiger partial charge < -0.3 is 15.2 Å². The van der Waals surface area contributed by atoms with Crippen molar-refractivity contribution in [3.63, 3.8) is 0 Å². The summed E-state index contributed by atoms with van der Waals surface area (Å²) in [5.41, 5.74) is 1.99. The third kappa shape index (κ3) is 2.46. The van der Waals surface area contributed by atoms with E-state index < -0.39 is 0 Å². The van der Waals surface area contributed by atoms with Crippen LogP contribution in [0.4, 0.5) is 0 Å². The summed E-state index contributed by atoms with van der Waals surface area (Å²) < 4.78 is 4.82. The summed E-state index contributed by atoms with van der Waals surface area (Å²) in [6, 6.07) is 0. The van der Waals surface area contributed by atoms with Gasteiger partial charge in [0.05, 0.1) is 0 Å². The third-order valence-electron chi connectivity index (χ3n) is 2.58. The Hall–Kier alpha value is -1.69. The molecule has 16 heavy (non-hydrogen) atoms. The van der Waals surface area contributed by atoms with Crippen molar-refractivity contribution in [2.24, 2.45) is 0 Å². The van der Waals surface area contributed by atoms with Crippen molar-refractivity contribution in [2.45, 2.75) is 13.3 Å². The molecule has 6 heteroatoms. The van der Waals surface area contributed by atoms with Crippen molar-refractivity contribution in [3.05, 3.63) is 23.4 Å². The standard InChI is InChI=1S/C10H14N4O2/c1-7(8-4-11-5-8)10(15)12-3-2-9-13-6-14-16-9/h6,11H,2-5H2,1H3,(H,12,15). The van der Waals surface area contributed by atoms with E-state index >= 15 is 0 Å². The van der Waals surface area contributed by atoms with Gasteiger partial charge in [-0.1, -0.05) is 5.16 Å². The number of hydrogen-bond acceptors (Lipinski definition) is 5. The van der Waals surface area contributed by atoms with Gasteiger partial charge in [0.15, 0.2) is 6.33 Å². The first kappa shape index (κ1) is 10.8. The van der Waals surface area contributed by atoms with Gasteiger partial charge in [0.1, 0.15) is 0 Å². The molecule has 1 aliphatic heterocycles. The maximum absolute atomic E-state index is 11.6. The van der Waals surface area contributed by atoms with Gasteiger partial charge in [0, 0.05) is 31.6 Å². The number of carbonyl (C=O) groups is 1. The van der Waals surface area contributed by atoms with E-state index in [0.717, 1.165) is 18.7 Å². The molecule has 1 aromatic heterocycles. The molecule has 1 fully saturated rings. The molecule has 0 radical (unpaired) electrons. The molecule has 0 aromatic carbocycles. The van der Waals surface area contributed by atoms with Crippen LogP contribution in [0, 0.1) is 0 Å². The second-order valence-electron chi connectivity index (χ2n) is 3.67. The lowest BCUT2D eigenvalue weighted by Gasteiger charge is -2.21. The van der Waals surface area contributed by atoms with Crippen molar-refractivity contribution in [3.8, 4) is 0 Å². The van der Waals surface area contributed by atoms with E-state index in [0.29, 0.717) is 18.9 Å². The van der Waals surface area contributed by atoms with E-state index in [1.165, 1.54) is 11.9 Å². The number of nitrogens with one attached hydrogen (secondary N) is 2. The Labute approximate surface area is 93.1 Å². The van der Waals surface area contributed by atoms with Crippen molar-refractivity contribution in [1.82, 2.24) is 20.8 Å². The topological polar surface area (TPSA) is 80.1 Å². The van der Waals surface area contributed by atoms with E-state index in [1.54, 1.807) is 0 Å². The summed E-state index contributed by atoms with van der Waals surface area (Å²) in [5, 5.41) is 9.41.